The molecule has 0 bridgehead atoms. The average molecular weight is 489 g/mol. The lowest BCUT2D eigenvalue weighted by atomic mass is 10.2. The minimum atomic E-state index is -0.212. The number of methoxy groups -OCH3 is 1. The Kier molecular flexibility index (Phi) is 6.74. The molecule has 7 nitrogen and oxygen atoms in total. The van der Waals surface area contributed by atoms with Gasteiger partial charge in [-0.2, -0.15) is 0 Å². The van der Waals surface area contributed by atoms with Gasteiger partial charge in [0, 0.05) is 17.6 Å². The van der Waals surface area contributed by atoms with Crippen molar-refractivity contribution in [2.75, 3.05) is 18.2 Å². The summed E-state index contributed by atoms with van der Waals surface area (Å²) in [7, 11) is 1.59. The summed E-state index contributed by atoms with van der Waals surface area (Å²) in [4.78, 5) is 12.4. The SMILES string of the molecule is C=CCn1c(SCC(=O)Nc2ccc(Cl)c(Cl)c2)nnc1-c1cc2cccc(OC)c2o1. The van der Waals surface area contributed by atoms with Crippen molar-refractivity contribution in [2.24, 2.45) is 0 Å². The number of hydrogen-bond donors (Lipinski definition) is 1. The molecule has 2 heterocycles. The lowest BCUT2D eigenvalue weighted by Crippen LogP contribution is -2.14. The number of carbonyl (C=O) groups is 1. The number of hydrogen-bond acceptors (Lipinski definition) is 6. The number of furan rings is 1. The number of allylic oxidation sites excluding steroid dienone is 1. The average Bonchev–Trinajstić information content (AvgIpc) is 3.39. The monoisotopic (exact) mass is 488 g/mol. The molecule has 32 heavy (non-hydrogen) atoms. The van der Waals surface area contributed by atoms with Gasteiger partial charge >= 0.3 is 0 Å². The lowest BCUT2D eigenvalue weighted by molar-refractivity contribution is -0.113. The smallest absolute Gasteiger partial charge is 0.234 e. The maximum atomic E-state index is 12.4. The summed E-state index contributed by atoms with van der Waals surface area (Å²) in [5.41, 5.74) is 1.20. The molecule has 4 rings (SSSR count). The quantitative estimate of drug-likeness (QED) is 0.244. The van der Waals surface area contributed by atoms with Crippen LogP contribution in [0.4, 0.5) is 5.69 Å². The van der Waals surface area contributed by atoms with Gasteiger partial charge < -0.3 is 14.5 Å². The first-order valence-electron chi connectivity index (χ1n) is 9.49. The zero-order valence-electron chi connectivity index (χ0n) is 17.0. The van der Waals surface area contributed by atoms with E-state index in [0.717, 1.165) is 5.39 Å². The molecule has 0 saturated heterocycles. The summed E-state index contributed by atoms with van der Waals surface area (Å²) in [5, 5.41) is 13.6. The van der Waals surface area contributed by atoms with Crippen LogP contribution in [-0.2, 0) is 11.3 Å². The van der Waals surface area contributed by atoms with Crippen LogP contribution in [0.1, 0.15) is 0 Å². The van der Waals surface area contributed by atoms with E-state index in [2.05, 4.69) is 22.1 Å². The number of nitrogens with one attached hydrogen (secondary N) is 1. The van der Waals surface area contributed by atoms with Crippen molar-refractivity contribution in [2.45, 2.75) is 11.7 Å². The van der Waals surface area contributed by atoms with Crippen molar-refractivity contribution >= 4 is 57.5 Å². The van der Waals surface area contributed by atoms with Gasteiger partial charge in [-0.1, -0.05) is 53.2 Å². The van der Waals surface area contributed by atoms with E-state index < -0.39 is 0 Å². The molecule has 0 aliphatic rings. The fraction of sp³-hybridized carbons (Fsp3) is 0.136. The molecule has 0 atom stereocenters. The van der Waals surface area contributed by atoms with E-state index >= 15 is 0 Å². The largest absolute Gasteiger partial charge is 0.493 e. The van der Waals surface area contributed by atoms with Crippen molar-refractivity contribution in [1.29, 1.82) is 0 Å². The summed E-state index contributed by atoms with van der Waals surface area (Å²) in [6.07, 6.45) is 1.73. The summed E-state index contributed by atoms with van der Waals surface area (Å²) in [6.45, 7) is 4.26. The number of aromatic nitrogens is 3. The van der Waals surface area contributed by atoms with Crippen molar-refractivity contribution in [3.8, 4) is 17.3 Å². The Balaban J connectivity index is 1.53. The number of carbonyl (C=O) groups excluding carboxylic acids is 1. The van der Waals surface area contributed by atoms with E-state index in [0.29, 0.717) is 50.4 Å². The molecule has 1 N–H and O–H groups in total. The van der Waals surface area contributed by atoms with Crippen LogP contribution >= 0.6 is 35.0 Å². The summed E-state index contributed by atoms with van der Waals surface area (Å²) < 4.78 is 13.2. The Bertz CT molecular complexity index is 1300. The predicted octanol–water partition coefficient (Wildman–Crippen LogP) is 5.92. The second-order valence-corrected chi connectivity index (χ2v) is 8.42. The van der Waals surface area contributed by atoms with Crippen molar-refractivity contribution in [3.05, 3.63) is 65.2 Å². The van der Waals surface area contributed by atoms with Gasteiger partial charge in [-0.05, 0) is 30.3 Å². The first-order valence-corrected chi connectivity index (χ1v) is 11.2. The standard InChI is InChI=1S/C22H18Cl2N4O3S/c1-3-9-28-21(18-10-13-5-4-6-17(30-2)20(13)31-18)26-27-22(28)32-12-19(29)25-14-7-8-15(23)16(24)11-14/h3-8,10-11H,1,9,12H2,2H3,(H,25,29). The van der Waals surface area contributed by atoms with Crippen LogP contribution in [0.5, 0.6) is 5.75 Å². The molecule has 0 radical (unpaired) electrons. The van der Waals surface area contributed by atoms with E-state index in [1.54, 1.807) is 31.4 Å². The molecule has 0 spiro atoms. The maximum absolute atomic E-state index is 12.4. The van der Waals surface area contributed by atoms with Crippen molar-refractivity contribution in [1.82, 2.24) is 14.8 Å². The number of halogens is 2. The Morgan fingerprint density at radius 2 is 2.09 bits per heavy atom. The molecule has 2 aromatic heterocycles. The van der Waals surface area contributed by atoms with Crippen LogP contribution in [0.3, 0.4) is 0 Å². The van der Waals surface area contributed by atoms with Crippen molar-refractivity contribution < 1.29 is 13.9 Å². The molecule has 4 aromatic rings. The number of para-hydroxylation sites is 1. The van der Waals surface area contributed by atoms with Gasteiger partial charge in [0.2, 0.25) is 11.7 Å². The van der Waals surface area contributed by atoms with Crippen LogP contribution in [0.25, 0.3) is 22.6 Å². The van der Waals surface area contributed by atoms with E-state index in [-0.39, 0.29) is 11.7 Å². The van der Waals surface area contributed by atoms with Crippen molar-refractivity contribution in [3.63, 3.8) is 0 Å². The molecular weight excluding hydrogens is 471 g/mol. The van der Waals surface area contributed by atoms with Gasteiger partial charge in [-0.25, -0.2) is 0 Å². The topological polar surface area (TPSA) is 82.2 Å². The minimum Gasteiger partial charge on any atom is -0.493 e. The molecular formula is C22H18Cl2N4O3S. The Labute approximate surface area is 198 Å². The van der Waals surface area contributed by atoms with E-state index in [1.165, 1.54) is 11.8 Å². The third kappa shape index (κ3) is 4.62. The van der Waals surface area contributed by atoms with Crippen LogP contribution in [0, 0.1) is 0 Å². The van der Waals surface area contributed by atoms with Gasteiger partial charge in [0.1, 0.15) is 0 Å². The number of rotatable bonds is 8. The highest BCUT2D eigenvalue weighted by Gasteiger charge is 2.19. The minimum absolute atomic E-state index is 0.128. The number of fused-ring (bicyclic) bond motifs is 1. The zero-order chi connectivity index (χ0) is 22.7. The van der Waals surface area contributed by atoms with E-state index in [1.807, 2.05) is 28.8 Å². The Morgan fingerprint density at radius 1 is 1.25 bits per heavy atom. The summed E-state index contributed by atoms with van der Waals surface area (Å²) >= 11 is 13.2. The van der Waals surface area contributed by atoms with Crippen LogP contribution < -0.4 is 10.1 Å². The van der Waals surface area contributed by atoms with Gasteiger partial charge in [-0.3, -0.25) is 9.36 Å². The molecule has 0 fully saturated rings. The fourth-order valence-electron chi connectivity index (χ4n) is 3.08. The molecule has 10 heteroatoms. The second-order valence-electron chi connectivity index (χ2n) is 6.66. The molecule has 0 unspecified atom stereocenters. The molecule has 1 amide bonds. The second kappa shape index (κ2) is 9.68. The van der Waals surface area contributed by atoms with Crippen LogP contribution in [-0.4, -0.2) is 33.5 Å². The Hall–Kier alpha value is -2.94. The van der Waals surface area contributed by atoms with Gasteiger partial charge in [0.05, 0.1) is 22.9 Å². The number of amides is 1. The van der Waals surface area contributed by atoms with E-state index in [4.69, 9.17) is 32.4 Å². The number of benzene rings is 2. The zero-order valence-corrected chi connectivity index (χ0v) is 19.3. The molecule has 0 aliphatic carbocycles. The summed E-state index contributed by atoms with van der Waals surface area (Å²) in [5.74, 6) is 1.64. The molecule has 0 saturated carbocycles. The highest BCUT2D eigenvalue weighted by Crippen LogP contribution is 2.34. The normalized spacial score (nSPS) is 11.0. The molecule has 2 aromatic carbocycles. The third-order valence-corrected chi connectivity index (χ3v) is 6.22. The van der Waals surface area contributed by atoms with Crippen LogP contribution in [0.15, 0.2) is 64.7 Å². The number of anilines is 1. The Morgan fingerprint density at radius 3 is 2.84 bits per heavy atom. The van der Waals surface area contributed by atoms with Crippen LogP contribution in [0.2, 0.25) is 10.0 Å². The number of thioether (sulfide) groups is 1. The maximum Gasteiger partial charge on any atom is 0.234 e. The first-order chi connectivity index (χ1) is 15.5. The molecule has 164 valence electrons. The number of ether oxygens (including phenoxy) is 1. The predicted molar refractivity (Wildman–Crippen MR) is 128 cm³/mol. The van der Waals surface area contributed by atoms with E-state index in [9.17, 15) is 4.79 Å². The third-order valence-electron chi connectivity index (χ3n) is 4.51. The van der Waals surface area contributed by atoms with Gasteiger partial charge in [-0.15, -0.1) is 16.8 Å². The molecule has 0 aliphatic heterocycles. The van der Waals surface area contributed by atoms with Gasteiger partial charge in [0.25, 0.3) is 0 Å². The summed E-state index contributed by atoms with van der Waals surface area (Å²) in [6, 6.07) is 12.4. The lowest BCUT2D eigenvalue weighted by Gasteiger charge is -2.08. The number of nitrogens with zero attached hydrogens (tertiary/aromatic N) is 3. The first kappa shape index (κ1) is 22.3. The fourth-order valence-corrected chi connectivity index (χ4v) is 4.13. The van der Waals surface area contributed by atoms with Gasteiger partial charge in [0.15, 0.2) is 22.2 Å². The highest BCUT2D eigenvalue weighted by atomic mass is 35.5. The highest BCUT2D eigenvalue weighted by molar-refractivity contribution is 7.99.